The van der Waals surface area contributed by atoms with Gasteiger partial charge in [0.05, 0.1) is 13.2 Å². The van der Waals surface area contributed by atoms with Gasteiger partial charge in [-0.2, -0.15) is 0 Å². The molecule has 0 radical (unpaired) electrons. The number of ether oxygens (including phenoxy) is 2. The van der Waals surface area contributed by atoms with Crippen molar-refractivity contribution in [3.63, 3.8) is 0 Å². The van der Waals surface area contributed by atoms with Crippen LogP contribution in [-0.2, 0) is 20.7 Å². The summed E-state index contributed by atoms with van der Waals surface area (Å²) < 4.78 is 11.1. The van der Waals surface area contributed by atoms with Crippen LogP contribution < -0.4 is 15.5 Å². The second-order valence-electron chi connectivity index (χ2n) is 7.61. The van der Waals surface area contributed by atoms with Crippen LogP contribution in [0.15, 0.2) is 29.3 Å². The normalized spacial score (nSPS) is 18.1. The number of nitrogens with zero attached hydrogens (tertiary/aromatic N) is 2. The van der Waals surface area contributed by atoms with Gasteiger partial charge >= 0.3 is 0 Å². The summed E-state index contributed by atoms with van der Waals surface area (Å²) in [6.07, 6.45) is 4.32. The number of hydrogen-bond acceptors (Lipinski definition) is 4. The lowest BCUT2D eigenvalue weighted by Crippen LogP contribution is -2.39. The van der Waals surface area contributed by atoms with Crippen LogP contribution >= 0.6 is 24.0 Å². The summed E-state index contributed by atoms with van der Waals surface area (Å²) in [7, 11) is 1.76. The monoisotopic (exact) mass is 530 g/mol. The topological polar surface area (TPSA) is 75.2 Å². The Kier molecular flexibility index (Phi) is 11.5. The van der Waals surface area contributed by atoms with Gasteiger partial charge in [-0.05, 0) is 37.3 Å². The summed E-state index contributed by atoms with van der Waals surface area (Å²) in [5.74, 6) is 1.53. The minimum absolute atomic E-state index is 0. The van der Waals surface area contributed by atoms with E-state index in [0.29, 0.717) is 12.3 Å². The Morgan fingerprint density at radius 3 is 2.83 bits per heavy atom. The van der Waals surface area contributed by atoms with Crippen molar-refractivity contribution in [2.24, 2.45) is 10.9 Å². The third-order valence-corrected chi connectivity index (χ3v) is 5.41. The zero-order valence-corrected chi connectivity index (χ0v) is 20.2. The Hall–Kier alpha value is -1.39. The number of benzene rings is 1. The maximum Gasteiger partial charge on any atom is 0.227 e. The third-order valence-electron chi connectivity index (χ3n) is 5.41. The van der Waals surface area contributed by atoms with Crippen LogP contribution in [0.3, 0.4) is 0 Å². The van der Waals surface area contributed by atoms with Gasteiger partial charge < -0.3 is 25.0 Å². The molecular formula is C22H35IN4O3. The van der Waals surface area contributed by atoms with Crippen molar-refractivity contribution >= 4 is 41.5 Å². The Morgan fingerprint density at radius 1 is 1.27 bits per heavy atom. The fourth-order valence-electron chi connectivity index (χ4n) is 3.75. The average Bonchev–Trinajstić information content (AvgIpc) is 3.41. The number of halogens is 1. The molecule has 2 N–H and O–H groups in total. The minimum atomic E-state index is 0. The molecule has 2 heterocycles. The molecule has 1 fully saturated rings. The number of fused-ring (bicyclic) bond motifs is 1. The molecule has 1 saturated heterocycles. The number of carbonyl (C=O) groups excluding carboxylic acids is 1. The molecule has 3 rings (SSSR count). The van der Waals surface area contributed by atoms with Crippen LogP contribution in [0.2, 0.25) is 0 Å². The fraction of sp³-hybridized carbons (Fsp3) is 0.636. The van der Waals surface area contributed by atoms with E-state index >= 15 is 0 Å². The number of para-hydroxylation sites is 1. The third kappa shape index (κ3) is 7.70. The number of hydrogen-bond donors (Lipinski definition) is 2. The van der Waals surface area contributed by atoms with Crippen molar-refractivity contribution in [3.05, 3.63) is 29.8 Å². The van der Waals surface area contributed by atoms with E-state index in [1.165, 1.54) is 5.56 Å². The van der Waals surface area contributed by atoms with Crippen LogP contribution in [0.1, 0.15) is 31.2 Å². The van der Waals surface area contributed by atoms with Crippen molar-refractivity contribution in [1.29, 1.82) is 0 Å². The summed E-state index contributed by atoms with van der Waals surface area (Å²) in [5.41, 5.74) is 2.34. The molecule has 0 saturated carbocycles. The summed E-state index contributed by atoms with van der Waals surface area (Å²) in [6.45, 7) is 5.57. The lowest BCUT2D eigenvalue weighted by molar-refractivity contribution is -0.118. The SMILES string of the molecule is CN=C(NCCCOCC1CCOC1)NCCCC(=O)N1CCc2ccccc21.I. The summed E-state index contributed by atoms with van der Waals surface area (Å²) in [6, 6.07) is 8.17. The van der Waals surface area contributed by atoms with E-state index in [4.69, 9.17) is 9.47 Å². The van der Waals surface area contributed by atoms with E-state index in [2.05, 4.69) is 21.7 Å². The van der Waals surface area contributed by atoms with Gasteiger partial charge in [0.15, 0.2) is 5.96 Å². The van der Waals surface area contributed by atoms with Crippen LogP contribution in [0.5, 0.6) is 0 Å². The predicted octanol–water partition coefficient (Wildman–Crippen LogP) is 2.58. The summed E-state index contributed by atoms with van der Waals surface area (Å²) in [4.78, 5) is 18.7. The van der Waals surface area contributed by atoms with E-state index in [-0.39, 0.29) is 29.9 Å². The molecule has 1 unspecified atom stereocenters. The highest BCUT2D eigenvalue weighted by atomic mass is 127. The Balaban J connectivity index is 0.00000320. The number of carbonyl (C=O) groups is 1. The first-order valence-corrected chi connectivity index (χ1v) is 10.8. The Bertz CT molecular complexity index is 680. The van der Waals surface area contributed by atoms with Crippen LogP contribution in [0, 0.1) is 5.92 Å². The maximum atomic E-state index is 12.5. The van der Waals surface area contributed by atoms with Crippen molar-refractivity contribution in [2.45, 2.75) is 32.1 Å². The molecule has 30 heavy (non-hydrogen) atoms. The number of rotatable bonds is 10. The number of guanidine groups is 1. The van der Waals surface area contributed by atoms with E-state index in [0.717, 1.165) is 83.4 Å². The number of nitrogens with one attached hydrogen (secondary N) is 2. The smallest absolute Gasteiger partial charge is 0.227 e. The average molecular weight is 530 g/mol. The molecule has 168 valence electrons. The molecule has 0 aliphatic carbocycles. The molecular weight excluding hydrogens is 495 g/mol. The van der Waals surface area contributed by atoms with Crippen molar-refractivity contribution < 1.29 is 14.3 Å². The van der Waals surface area contributed by atoms with Gasteiger partial charge in [0.2, 0.25) is 5.91 Å². The lowest BCUT2D eigenvalue weighted by Gasteiger charge is -2.17. The number of amides is 1. The Morgan fingerprint density at radius 2 is 2.07 bits per heavy atom. The van der Waals surface area contributed by atoms with Gasteiger partial charge in [0.25, 0.3) is 0 Å². The van der Waals surface area contributed by atoms with Gasteiger partial charge in [-0.25, -0.2) is 0 Å². The van der Waals surface area contributed by atoms with Crippen molar-refractivity contribution in [3.8, 4) is 0 Å². The molecule has 0 bridgehead atoms. The highest BCUT2D eigenvalue weighted by molar-refractivity contribution is 14.0. The highest BCUT2D eigenvalue weighted by Crippen LogP contribution is 2.27. The summed E-state index contributed by atoms with van der Waals surface area (Å²) >= 11 is 0. The second-order valence-corrected chi connectivity index (χ2v) is 7.61. The first-order valence-electron chi connectivity index (χ1n) is 10.8. The van der Waals surface area contributed by atoms with Gasteiger partial charge in [0.1, 0.15) is 0 Å². The van der Waals surface area contributed by atoms with Crippen molar-refractivity contribution in [2.75, 3.05) is 58.0 Å². The van der Waals surface area contributed by atoms with E-state index in [1.807, 2.05) is 23.1 Å². The van der Waals surface area contributed by atoms with E-state index < -0.39 is 0 Å². The molecule has 2 aliphatic rings. The number of anilines is 1. The van der Waals surface area contributed by atoms with E-state index in [1.54, 1.807) is 7.05 Å². The van der Waals surface area contributed by atoms with Crippen LogP contribution in [0.25, 0.3) is 0 Å². The van der Waals surface area contributed by atoms with Gasteiger partial charge in [-0.1, -0.05) is 18.2 Å². The second kappa shape index (κ2) is 13.8. The standard InChI is InChI=1S/C22H34N4O3.HI/c1-23-22(25-12-5-14-28-16-18-10-15-29-17-18)24-11-4-8-21(27)26-13-9-19-6-2-3-7-20(19)26;/h2-3,6-7,18H,4-5,8-17H2,1H3,(H2,23,24,25);1H. The molecule has 8 heteroatoms. The summed E-state index contributed by atoms with van der Waals surface area (Å²) in [5, 5.41) is 6.57. The van der Waals surface area contributed by atoms with Gasteiger partial charge in [-0.3, -0.25) is 9.79 Å². The van der Waals surface area contributed by atoms with Gasteiger partial charge in [0, 0.05) is 57.9 Å². The molecule has 1 amide bonds. The molecule has 7 nitrogen and oxygen atoms in total. The first-order chi connectivity index (χ1) is 14.3. The fourth-order valence-corrected chi connectivity index (χ4v) is 3.75. The Labute approximate surface area is 197 Å². The molecule has 1 atom stereocenters. The number of aliphatic imine (C=N–C) groups is 1. The zero-order chi connectivity index (χ0) is 20.3. The molecule has 2 aliphatic heterocycles. The lowest BCUT2D eigenvalue weighted by atomic mass is 10.1. The van der Waals surface area contributed by atoms with Crippen LogP contribution in [-0.4, -0.2) is 65.0 Å². The largest absolute Gasteiger partial charge is 0.381 e. The molecule has 1 aromatic carbocycles. The molecule has 1 aromatic rings. The molecule has 0 aromatic heterocycles. The predicted molar refractivity (Wildman–Crippen MR) is 131 cm³/mol. The molecule has 0 spiro atoms. The van der Waals surface area contributed by atoms with Crippen LogP contribution in [0.4, 0.5) is 5.69 Å². The highest BCUT2D eigenvalue weighted by Gasteiger charge is 2.23. The van der Waals surface area contributed by atoms with Crippen molar-refractivity contribution in [1.82, 2.24) is 10.6 Å². The zero-order valence-electron chi connectivity index (χ0n) is 17.9. The van der Waals surface area contributed by atoms with E-state index in [9.17, 15) is 4.79 Å². The minimum Gasteiger partial charge on any atom is -0.381 e. The quantitative estimate of drug-likeness (QED) is 0.211. The maximum absolute atomic E-state index is 12.5. The first kappa shape index (κ1) is 24.9. The van der Waals surface area contributed by atoms with Gasteiger partial charge in [-0.15, -0.1) is 24.0 Å².